The van der Waals surface area contributed by atoms with Crippen molar-refractivity contribution in [3.8, 4) is 6.07 Å². The van der Waals surface area contributed by atoms with Crippen LogP contribution in [0.3, 0.4) is 0 Å². The molecule has 0 aliphatic rings. The van der Waals surface area contributed by atoms with Gasteiger partial charge < -0.3 is 5.11 Å². The SMILES string of the molecule is CC(C)C(O)(CC#N)C(C)(C)C. The molecule has 0 heterocycles. The molecule has 1 unspecified atom stereocenters. The van der Waals surface area contributed by atoms with E-state index in [1.54, 1.807) is 0 Å². The molecule has 70 valence electrons. The summed E-state index contributed by atoms with van der Waals surface area (Å²) in [5.74, 6) is 0.108. The lowest BCUT2D eigenvalue weighted by Gasteiger charge is -2.42. The fraction of sp³-hybridized carbons (Fsp3) is 0.900. The average molecular weight is 169 g/mol. The van der Waals surface area contributed by atoms with E-state index in [-0.39, 0.29) is 17.8 Å². The standard InChI is InChI=1S/C10H19NO/c1-8(2)10(12,6-7-11)9(3,4)5/h8,12H,6H2,1-5H3. The van der Waals surface area contributed by atoms with Gasteiger partial charge in [0.1, 0.15) is 0 Å². The Hall–Kier alpha value is -0.550. The van der Waals surface area contributed by atoms with Gasteiger partial charge in [0.05, 0.1) is 18.1 Å². The van der Waals surface area contributed by atoms with Crippen molar-refractivity contribution >= 4 is 0 Å². The van der Waals surface area contributed by atoms with Crippen LogP contribution in [-0.4, -0.2) is 10.7 Å². The third-order valence-corrected chi connectivity index (χ3v) is 2.60. The molecule has 0 aromatic carbocycles. The summed E-state index contributed by atoms with van der Waals surface area (Å²) in [7, 11) is 0. The molecule has 0 aromatic heterocycles. The van der Waals surface area contributed by atoms with Crippen molar-refractivity contribution in [3.63, 3.8) is 0 Å². The molecule has 12 heavy (non-hydrogen) atoms. The van der Waals surface area contributed by atoms with Crippen molar-refractivity contribution < 1.29 is 5.11 Å². The van der Waals surface area contributed by atoms with Gasteiger partial charge in [-0.05, 0) is 11.3 Å². The van der Waals surface area contributed by atoms with Crippen LogP contribution in [0.25, 0.3) is 0 Å². The topological polar surface area (TPSA) is 44.0 Å². The molecule has 0 bridgehead atoms. The number of hydrogen-bond donors (Lipinski definition) is 1. The second-order valence-corrected chi connectivity index (χ2v) is 4.66. The van der Waals surface area contributed by atoms with Crippen LogP contribution in [0.5, 0.6) is 0 Å². The molecular weight excluding hydrogens is 150 g/mol. The monoisotopic (exact) mass is 169 g/mol. The van der Waals surface area contributed by atoms with Gasteiger partial charge in [0.2, 0.25) is 0 Å². The van der Waals surface area contributed by atoms with Crippen LogP contribution < -0.4 is 0 Å². The molecule has 2 heteroatoms. The Labute approximate surface area is 75.2 Å². The van der Waals surface area contributed by atoms with Gasteiger partial charge in [-0.15, -0.1) is 0 Å². The van der Waals surface area contributed by atoms with E-state index >= 15 is 0 Å². The molecule has 0 amide bonds. The molecule has 1 atom stereocenters. The van der Waals surface area contributed by atoms with Crippen LogP contribution in [0.15, 0.2) is 0 Å². The maximum Gasteiger partial charge on any atom is 0.0847 e. The molecule has 0 saturated carbocycles. The van der Waals surface area contributed by atoms with E-state index < -0.39 is 5.60 Å². The second kappa shape index (κ2) is 3.45. The molecule has 0 aliphatic heterocycles. The summed E-state index contributed by atoms with van der Waals surface area (Å²) in [6, 6.07) is 2.05. The van der Waals surface area contributed by atoms with Gasteiger partial charge in [-0.1, -0.05) is 34.6 Å². The van der Waals surface area contributed by atoms with Gasteiger partial charge in [-0.2, -0.15) is 5.26 Å². The van der Waals surface area contributed by atoms with Gasteiger partial charge >= 0.3 is 0 Å². The molecule has 0 fully saturated rings. The van der Waals surface area contributed by atoms with E-state index in [2.05, 4.69) is 0 Å². The summed E-state index contributed by atoms with van der Waals surface area (Å²) < 4.78 is 0. The molecule has 0 aromatic rings. The molecule has 0 radical (unpaired) electrons. The third-order valence-electron chi connectivity index (χ3n) is 2.60. The van der Waals surface area contributed by atoms with Gasteiger partial charge in [0, 0.05) is 0 Å². The molecule has 0 aliphatic carbocycles. The molecule has 2 nitrogen and oxygen atoms in total. The molecule has 1 N–H and O–H groups in total. The van der Waals surface area contributed by atoms with Crippen LogP contribution in [-0.2, 0) is 0 Å². The number of nitriles is 1. The fourth-order valence-corrected chi connectivity index (χ4v) is 1.46. The summed E-state index contributed by atoms with van der Waals surface area (Å²) in [5.41, 5.74) is -1.11. The summed E-state index contributed by atoms with van der Waals surface area (Å²) in [4.78, 5) is 0. The second-order valence-electron chi connectivity index (χ2n) is 4.66. The van der Waals surface area contributed by atoms with Crippen LogP contribution in [0.4, 0.5) is 0 Å². The lowest BCUT2D eigenvalue weighted by Crippen LogP contribution is -2.47. The van der Waals surface area contributed by atoms with Crippen LogP contribution in [0, 0.1) is 22.7 Å². The maximum absolute atomic E-state index is 10.2. The highest BCUT2D eigenvalue weighted by molar-refractivity contribution is 4.98. The first kappa shape index (κ1) is 11.4. The van der Waals surface area contributed by atoms with Crippen molar-refractivity contribution in [1.82, 2.24) is 0 Å². The Bertz CT molecular complexity index is 185. The Morgan fingerprint density at radius 2 is 1.75 bits per heavy atom. The van der Waals surface area contributed by atoms with E-state index in [1.807, 2.05) is 40.7 Å². The van der Waals surface area contributed by atoms with Crippen molar-refractivity contribution in [2.45, 2.75) is 46.6 Å². The van der Waals surface area contributed by atoms with Gasteiger partial charge in [0.15, 0.2) is 0 Å². The number of rotatable bonds is 2. The maximum atomic E-state index is 10.2. The average Bonchev–Trinajstić information content (AvgIpc) is 1.85. The molecular formula is C10H19NO. The number of nitrogens with zero attached hydrogens (tertiary/aromatic N) is 1. The Morgan fingerprint density at radius 1 is 1.33 bits per heavy atom. The Kier molecular flexibility index (Phi) is 3.29. The van der Waals surface area contributed by atoms with Crippen LogP contribution >= 0.6 is 0 Å². The lowest BCUT2D eigenvalue weighted by atomic mass is 9.68. The minimum Gasteiger partial charge on any atom is -0.388 e. The Morgan fingerprint density at radius 3 is 1.83 bits per heavy atom. The zero-order valence-electron chi connectivity index (χ0n) is 8.68. The number of hydrogen-bond acceptors (Lipinski definition) is 2. The van der Waals surface area contributed by atoms with Crippen molar-refractivity contribution in [2.24, 2.45) is 11.3 Å². The largest absolute Gasteiger partial charge is 0.388 e. The fourth-order valence-electron chi connectivity index (χ4n) is 1.46. The van der Waals surface area contributed by atoms with Crippen molar-refractivity contribution in [2.75, 3.05) is 0 Å². The molecule has 0 spiro atoms. The summed E-state index contributed by atoms with van der Waals surface area (Å²) in [5, 5.41) is 18.8. The smallest absolute Gasteiger partial charge is 0.0847 e. The van der Waals surface area contributed by atoms with Crippen molar-refractivity contribution in [1.29, 1.82) is 5.26 Å². The lowest BCUT2D eigenvalue weighted by molar-refractivity contribution is -0.0904. The Balaban J connectivity index is 4.77. The molecule has 0 rings (SSSR count). The normalized spacial score (nSPS) is 17.2. The van der Waals surface area contributed by atoms with E-state index in [9.17, 15) is 5.11 Å². The predicted octanol–water partition coefficient (Wildman–Crippen LogP) is 2.33. The first-order valence-corrected chi connectivity index (χ1v) is 4.35. The van der Waals surface area contributed by atoms with Crippen LogP contribution in [0.1, 0.15) is 41.0 Å². The molecule has 0 saturated heterocycles. The summed E-state index contributed by atoms with van der Waals surface area (Å²) >= 11 is 0. The van der Waals surface area contributed by atoms with Gasteiger partial charge in [-0.25, -0.2) is 0 Å². The van der Waals surface area contributed by atoms with E-state index in [1.165, 1.54) is 0 Å². The minimum atomic E-state index is -0.873. The predicted molar refractivity (Wildman–Crippen MR) is 49.5 cm³/mol. The van der Waals surface area contributed by atoms with Crippen LogP contribution in [0.2, 0.25) is 0 Å². The van der Waals surface area contributed by atoms with Gasteiger partial charge in [0.25, 0.3) is 0 Å². The van der Waals surface area contributed by atoms with E-state index in [0.29, 0.717) is 0 Å². The van der Waals surface area contributed by atoms with E-state index in [0.717, 1.165) is 0 Å². The highest BCUT2D eigenvalue weighted by atomic mass is 16.3. The zero-order chi connectivity index (χ0) is 9.99. The van der Waals surface area contributed by atoms with Crippen molar-refractivity contribution in [3.05, 3.63) is 0 Å². The first-order valence-electron chi connectivity index (χ1n) is 4.35. The highest BCUT2D eigenvalue weighted by Gasteiger charge is 2.42. The quantitative estimate of drug-likeness (QED) is 0.689. The minimum absolute atomic E-state index is 0.108. The summed E-state index contributed by atoms with van der Waals surface area (Å²) in [6.45, 7) is 9.78. The summed E-state index contributed by atoms with van der Waals surface area (Å²) in [6.07, 6.45) is 0.203. The first-order chi connectivity index (χ1) is 5.25. The van der Waals surface area contributed by atoms with Gasteiger partial charge in [-0.3, -0.25) is 0 Å². The van der Waals surface area contributed by atoms with E-state index in [4.69, 9.17) is 5.26 Å². The number of aliphatic hydroxyl groups is 1. The zero-order valence-corrected chi connectivity index (χ0v) is 8.68. The highest BCUT2D eigenvalue weighted by Crippen LogP contribution is 2.38. The third kappa shape index (κ3) is 1.98.